The number of methoxy groups -OCH3 is 2. The van der Waals surface area contributed by atoms with Gasteiger partial charge in [-0.3, -0.25) is 0 Å². The maximum Gasteiger partial charge on any atom is 0.145 e. The lowest BCUT2D eigenvalue weighted by molar-refractivity contribution is 0.330. The Morgan fingerprint density at radius 1 is 1.14 bits per heavy atom. The van der Waals surface area contributed by atoms with Gasteiger partial charge in [-0.05, 0) is 24.8 Å². The van der Waals surface area contributed by atoms with Crippen LogP contribution in [0.1, 0.15) is 55.9 Å². The Morgan fingerprint density at radius 2 is 1.86 bits per heavy atom. The zero-order chi connectivity index (χ0) is 15.2. The molecule has 1 atom stereocenters. The van der Waals surface area contributed by atoms with E-state index in [1.54, 1.807) is 14.2 Å². The number of alkyl halides is 1. The van der Waals surface area contributed by atoms with Crippen LogP contribution in [-0.2, 0) is 0 Å². The highest BCUT2D eigenvalue weighted by atomic mass is 35.5. The Balaban J connectivity index is 2.04. The molecular formula is C17H24Cl2O2. The van der Waals surface area contributed by atoms with Gasteiger partial charge < -0.3 is 9.47 Å². The molecule has 0 aromatic heterocycles. The van der Waals surface area contributed by atoms with E-state index < -0.39 is 0 Å². The summed E-state index contributed by atoms with van der Waals surface area (Å²) in [6, 6.07) is 3.82. The van der Waals surface area contributed by atoms with E-state index in [1.807, 2.05) is 12.1 Å². The van der Waals surface area contributed by atoms with Crippen LogP contribution in [0.5, 0.6) is 11.5 Å². The molecule has 1 aliphatic carbocycles. The summed E-state index contributed by atoms with van der Waals surface area (Å²) >= 11 is 12.9. The van der Waals surface area contributed by atoms with Gasteiger partial charge in [-0.15, -0.1) is 11.6 Å². The van der Waals surface area contributed by atoms with Crippen LogP contribution in [0.2, 0.25) is 5.02 Å². The summed E-state index contributed by atoms with van der Waals surface area (Å²) in [5.74, 6) is 2.09. The number of rotatable bonds is 6. The van der Waals surface area contributed by atoms with Crippen LogP contribution < -0.4 is 9.47 Å². The van der Waals surface area contributed by atoms with Gasteiger partial charge in [-0.1, -0.05) is 49.8 Å². The van der Waals surface area contributed by atoms with E-state index in [-0.39, 0.29) is 5.38 Å². The molecule has 1 fully saturated rings. The molecule has 2 nitrogen and oxygen atoms in total. The van der Waals surface area contributed by atoms with Crippen molar-refractivity contribution in [1.29, 1.82) is 0 Å². The fourth-order valence-electron chi connectivity index (χ4n) is 3.18. The van der Waals surface area contributed by atoms with E-state index in [4.69, 9.17) is 32.7 Å². The largest absolute Gasteiger partial charge is 0.495 e. The Morgan fingerprint density at radius 3 is 2.48 bits per heavy atom. The summed E-state index contributed by atoms with van der Waals surface area (Å²) in [6.45, 7) is 0. The lowest BCUT2D eigenvalue weighted by Crippen LogP contribution is -2.07. The molecular weight excluding hydrogens is 307 g/mol. The standard InChI is InChI=1S/C17H24Cl2O2/c1-20-15-11-9-13(17(21-2)16(15)19)14(18)10-8-12-6-4-3-5-7-12/h9,11-12,14H,3-8,10H2,1-2H3. The molecule has 4 heteroatoms. The first kappa shape index (κ1) is 16.8. The highest BCUT2D eigenvalue weighted by molar-refractivity contribution is 6.34. The maximum atomic E-state index is 6.60. The third-order valence-corrected chi connectivity index (χ3v) is 5.22. The van der Waals surface area contributed by atoms with Crippen molar-refractivity contribution in [3.63, 3.8) is 0 Å². The van der Waals surface area contributed by atoms with Crippen LogP contribution >= 0.6 is 23.2 Å². The second kappa shape index (κ2) is 8.14. The molecule has 1 aromatic rings. The van der Waals surface area contributed by atoms with E-state index in [1.165, 1.54) is 38.5 Å². The van der Waals surface area contributed by atoms with Gasteiger partial charge in [0, 0.05) is 5.56 Å². The van der Waals surface area contributed by atoms with Crippen molar-refractivity contribution in [3.05, 3.63) is 22.7 Å². The van der Waals surface area contributed by atoms with E-state index >= 15 is 0 Å². The summed E-state index contributed by atoms with van der Waals surface area (Å²) in [5, 5.41) is 0.436. The average molecular weight is 331 g/mol. The molecule has 21 heavy (non-hydrogen) atoms. The van der Waals surface area contributed by atoms with Gasteiger partial charge in [-0.25, -0.2) is 0 Å². The zero-order valence-corrected chi connectivity index (χ0v) is 14.3. The normalized spacial score (nSPS) is 17.5. The highest BCUT2D eigenvalue weighted by Crippen LogP contribution is 2.43. The van der Waals surface area contributed by atoms with Gasteiger partial charge in [-0.2, -0.15) is 0 Å². The van der Waals surface area contributed by atoms with Crippen molar-refractivity contribution in [2.75, 3.05) is 14.2 Å². The monoisotopic (exact) mass is 330 g/mol. The summed E-state index contributed by atoms with van der Waals surface area (Å²) in [5.41, 5.74) is 0.959. The lowest BCUT2D eigenvalue weighted by Gasteiger charge is -2.23. The first-order valence-electron chi connectivity index (χ1n) is 7.71. The quantitative estimate of drug-likeness (QED) is 0.595. The first-order chi connectivity index (χ1) is 10.2. The Bertz CT molecular complexity index is 456. The minimum Gasteiger partial charge on any atom is -0.495 e. The molecule has 1 aromatic carbocycles. The Kier molecular flexibility index (Phi) is 6.50. The molecule has 0 heterocycles. The molecule has 0 radical (unpaired) electrons. The second-order valence-corrected chi connectivity index (χ2v) is 6.66. The Labute approximate surface area is 137 Å². The molecule has 0 N–H and O–H groups in total. The third-order valence-electron chi connectivity index (χ3n) is 4.41. The summed E-state index contributed by atoms with van der Waals surface area (Å²) in [7, 11) is 3.22. The molecule has 0 saturated heterocycles. The molecule has 0 spiro atoms. The van der Waals surface area contributed by atoms with Gasteiger partial charge >= 0.3 is 0 Å². The van der Waals surface area contributed by atoms with Crippen LogP contribution in [0.3, 0.4) is 0 Å². The smallest absolute Gasteiger partial charge is 0.145 e. The van der Waals surface area contributed by atoms with Crippen molar-refractivity contribution in [3.8, 4) is 11.5 Å². The fraction of sp³-hybridized carbons (Fsp3) is 0.647. The fourth-order valence-corrected chi connectivity index (χ4v) is 3.80. The van der Waals surface area contributed by atoms with Gasteiger partial charge in [0.1, 0.15) is 16.5 Å². The molecule has 1 saturated carbocycles. The Hall–Kier alpha value is -0.600. The van der Waals surface area contributed by atoms with Crippen LogP contribution in [-0.4, -0.2) is 14.2 Å². The van der Waals surface area contributed by atoms with E-state index in [9.17, 15) is 0 Å². The molecule has 0 bridgehead atoms. The number of hydrogen-bond acceptors (Lipinski definition) is 2. The van der Waals surface area contributed by atoms with Crippen molar-refractivity contribution in [2.45, 2.75) is 50.3 Å². The van der Waals surface area contributed by atoms with Crippen LogP contribution in [0.4, 0.5) is 0 Å². The van der Waals surface area contributed by atoms with E-state index in [0.717, 1.165) is 17.9 Å². The van der Waals surface area contributed by atoms with Gasteiger partial charge in [0.2, 0.25) is 0 Å². The summed E-state index contributed by atoms with van der Waals surface area (Å²) in [6.07, 6.45) is 8.98. The lowest BCUT2D eigenvalue weighted by atomic mass is 9.85. The van der Waals surface area contributed by atoms with Crippen molar-refractivity contribution < 1.29 is 9.47 Å². The minimum absolute atomic E-state index is 0.0646. The molecule has 1 unspecified atom stereocenters. The molecule has 0 amide bonds. The van der Waals surface area contributed by atoms with Crippen molar-refractivity contribution in [1.82, 2.24) is 0 Å². The van der Waals surface area contributed by atoms with E-state index in [2.05, 4.69) is 0 Å². The predicted molar refractivity (Wildman–Crippen MR) is 89.0 cm³/mol. The molecule has 118 valence electrons. The third kappa shape index (κ3) is 4.20. The van der Waals surface area contributed by atoms with Crippen molar-refractivity contribution in [2.24, 2.45) is 5.92 Å². The number of ether oxygens (including phenoxy) is 2. The second-order valence-electron chi connectivity index (χ2n) is 5.75. The molecule has 1 aliphatic rings. The van der Waals surface area contributed by atoms with Crippen LogP contribution in [0.25, 0.3) is 0 Å². The van der Waals surface area contributed by atoms with Crippen LogP contribution in [0, 0.1) is 5.92 Å². The highest BCUT2D eigenvalue weighted by Gasteiger charge is 2.21. The van der Waals surface area contributed by atoms with Gasteiger partial charge in [0.15, 0.2) is 0 Å². The summed E-state index contributed by atoms with van der Waals surface area (Å²) < 4.78 is 10.7. The maximum absolute atomic E-state index is 6.60. The SMILES string of the molecule is COc1ccc(C(Cl)CCC2CCCCC2)c(OC)c1Cl. The average Bonchev–Trinajstić information content (AvgIpc) is 2.53. The molecule has 2 rings (SSSR count). The number of hydrogen-bond donors (Lipinski definition) is 0. The van der Waals surface area contributed by atoms with Gasteiger partial charge in [0.25, 0.3) is 0 Å². The van der Waals surface area contributed by atoms with Crippen molar-refractivity contribution >= 4 is 23.2 Å². The van der Waals surface area contributed by atoms with Crippen LogP contribution in [0.15, 0.2) is 12.1 Å². The predicted octanol–water partition coefficient (Wildman–Crippen LogP) is 6.00. The minimum atomic E-state index is -0.0646. The first-order valence-corrected chi connectivity index (χ1v) is 8.53. The number of benzene rings is 1. The topological polar surface area (TPSA) is 18.5 Å². The van der Waals surface area contributed by atoms with E-state index in [0.29, 0.717) is 16.5 Å². The summed E-state index contributed by atoms with van der Waals surface area (Å²) in [4.78, 5) is 0. The van der Waals surface area contributed by atoms with Gasteiger partial charge in [0.05, 0.1) is 19.6 Å². The molecule has 0 aliphatic heterocycles. The zero-order valence-electron chi connectivity index (χ0n) is 12.8. The number of halogens is 2.